The van der Waals surface area contributed by atoms with Crippen molar-refractivity contribution in [3.63, 3.8) is 0 Å². The Morgan fingerprint density at radius 2 is 2.20 bits per heavy atom. The number of nitrogens with zero attached hydrogens (tertiary/aromatic N) is 4. The summed E-state index contributed by atoms with van der Waals surface area (Å²) in [6.07, 6.45) is 7.38. The molecule has 1 fully saturated rings. The van der Waals surface area contributed by atoms with Gasteiger partial charge in [-0.1, -0.05) is 0 Å². The minimum Gasteiger partial charge on any atom is -0.480 e. The number of hydrogen-bond acceptors (Lipinski definition) is 4. The molecule has 0 aromatic carbocycles. The van der Waals surface area contributed by atoms with Crippen molar-refractivity contribution in [2.75, 3.05) is 6.54 Å². The summed E-state index contributed by atoms with van der Waals surface area (Å²) in [5, 5.41) is 13.5. The number of aromatic nitrogens is 3. The van der Waals surface area contributed by atoms with E-state index in [4.69, 9.17) is 0 Å². The zero-order valence-corrected chi connectivity index (χ0v) is 11.0. The van der Waals surface area contributed by atoms with Crippen LogP contribution in [0.1, 0.15) is 30.1 Å². The van der Waals surface area contributed by atoms with E-state index in [1.165, 1.54) is 11.1 Å². The quantitative estimate of drug-likeness (QED) is 0.875. The number of amides is 1. The van der Waals surface area contributed by atoms with E-state index in [9.17, 15) is 14.7 Å². The predicted molar refractivity (Wildman–Crippen MR) is 69.3 cm³/mol. The number of aliphatic carboxylic acids is 1. The Hall–Kier alpha value is -2.44. The zero-order chi connectivity index (χ0) is 14.3. The number of carbonyl (C=O) groups is 2. The summed E-state index contributed by atoms with van der Waals surface area (Å²) >= 11 is 0. The second kappa shape index (κ2) is 4.29. The van der Waals surface area contributed by atoms with Crippen LogP contribution in [0.15, 0.2) is 24.8 Å². The fourth-order valence-corrected chi connectivity index (χ4v) is 2.66. The van der Waals surface area contributed by atoms with Crippen molar-refractivity contribution in [3.8, 4) is 0 Å². The van der Waals surface area contributed by atoms with Crippen molar-refractivity contribution < 1.29 is 14.7 Å². The molecule has 104 valence electrons. The van der Waals surface area contributed by atoms with Gasteiger partial charge in [0.05, 0.1) is 23.5 Å². The van der Waals surface area contributed by atoms with Gasteiger partial charge in [-0.2, -0.15) is 5.10 Å². The summed E-state index contributed by atoms with van der Waals surface area (Å²) in [6.45, 7) is 2.03. The Labute approximate surface area is 114 Å². The first-order valence-electron chi connectivity index (χ1n) is 6.37. The van der Waals surface area contributed by atoms with Crippen LogP contribution in [0.4, 0.5) is 0 Å². The van der Waals surface area contributed by atoms with Crippen LogP contribution in [-0.2, 0) is 4.79 Å². The molecule has 0 saturated carbocycles. The Morgan fingerprint density at radius 1 is 1.40 bits per heavy atom. The Morgan fingerprint density at radius 3 is 2.95 bits per heavy atom. The topological polar surface area (TPSA) is 87.8 Å². The maximum absolute atomic E-state index is 12.6. The third-order valence-electron chi connectivity index (χ3n) is 3.90. The van der Waals surface area contributed by atoms with Crippen LogP contribution in [0, 0.1) is 0 Å². The molecule has 7 heteroatoms. The van der Waals surface area contributed by atoms with Crippen molar-refractivity contribution >= 4 is 17.4 Å². The highest BCUT2D eigenvalue weighted by Crippen LogP contribution is 2.31. The molecule has 3 rings (SSSR count). The highest BCUT2D eigenvalue weighted by atomic mass is 16.4. The van der Waals surface area contributed by atoms with E-state index in [2.05, 4.69) is 10.1 Å². The standard InChI is InChI=1S/C13H14N4O3/c1-13(12(19)20)3-2-5-16(13)11(18)9-7-15-17-6-4-14-8-10(9)17/h4,6-8H,2-3,5H2,1H3,(H,19,20). The predicted octanol–water partition coefficient (Wildman–Crippen LogP) is 0.809. The summed E-state index contributed by atoms with van der Waals surface area (Å²) in [5.74, 6) is -1.28. The van der Waals surface area contributed by atoms with E-state index in [1.807, 2.05) is 0 Å². The van der Waals surface area contributed by atoms with Crippen LogP contribution in [-0.4, -0.2) is 48.6 Å². The molecule has 1 N–H and O–H groups in total. The van der Waals surface area contributed by atoms with Gasteiger partial charge in [0.25, 0.3) is 5.91 Å². The molecule has 2 aromatic heterocycles. The molecular formula is C13H14N4O3. The lowest BCUT2D eigenvalue weighted by Gasteiger charge is -2.30. The van der Waals surface area contributed by atoms with Crippen molar-refractivity contribution in [1.29, 1.82) is 0 Å². The molecular weight excluding hydrogens is 260 g/mol. The smallest absolute Gasteiger partial charge is 0.329 e. The first kappa shape index (κ1) is 12.6. The normalized spacial score (nSPS) is 22.4. The number of carbonyl (C=O) groups excluding carboxylic acids is 1. The highest BCUT2D eigenvalue weighted by molar-refractivity contribution is 6.03. The van der Waals surface area contributed by atoms with Crippen molar-refractivity contribution in [2.24, 2.45) is 0 Å². The summed E-state index contributed by atoms with van der Waals surface area (Å²) in [6, 6.07) is 0. The van der Waals surface area contributed by atoms with Crippen LogP contribution >= 0.6 is 0 Å². The molecule has 20 heavy (non-hydrogen) atoms. The molecule has 0 aliphatic carbocycles. The molecule has 0 bridgehead atoms. The second-order valence-electron chi connectivity index (χ2n) is 5.10. The van der Waals surface area contributed by atoms with Crippen LogP contribution in [0.25, 0.3) is 5.52 Å². The zero-order valence-electron chi connectivity index (χ0n) is 11.0. The number of carboxylic acids is 1. The molecule has 1 unspecified atom stereocenters. The number of carboxylic acid groups (broad SMARTS) is 1. The fourth-order valence-electron chi connectivity index (χ4n) is 2.66. The van der Waals surface area contributed by atoms with Gasteiger partial charge in [-0.25, -0.2) is 9.31 Å². The van der Waals surface area contributed by atoms with Crippen molar-refractivity contribution in [3.05, 3.63) is 30.4 Å². The van der Waals surface area contributed by atoms with E-state index >= 15 is 0 Å². The molecule has 1 aliphatic rings. The van der Waals surface area contributed by atoms with Gasteiger partial charge < -0.3 is 10.0 Å². The van der Waals surface area contributed by atoms with E-state index in [0.29, 0.717) is 30.5 Å². The lowest BCUT2D eigenvalue weighted by atomic mass is 9.99. The SMILES string of the molecule is CC1(C(=O)O)CCCN1C(=O)c1cnn2ccncc12. The average molecular weight is 274 g/mol. The van der Waals surface area contributed by atoms with Crippen molar-refractivity contribution in [1.82, 2.24) is 19.5 Å². The Kier molecular flexibility index (Phi) is 2.70. The summed E-state index contributed by atoms with van der Waals surface area (Å²) in [7, 11) is 0. The summed E-state index contributed by atoms with van der Waals surface area (Å²) in [4.78, 5) is 29.5. The Bertz CT molecular complexity index is 696. The minimum atomic E-state index is -1.15. The van der Waals surface area contributed by atoms with Gasteiger partial charge in [0, 0.05) is 18.9 Å². The maximum Gasteiger partial charge on any atom is 0.329 e. The largest absolute Gasteiger partial charge is 0.480 e. The van der Waals surface area contributed by atoms with Gasteiger partial charge in [-0.15, -0.1) is 0 Å². The molecule has 1 saturated heterocycles. The molecule has 1 aliphatic heterocycles. The second-order valence-corrected chi connectivity index (χ2v) is 5.10. The van der Waals surface area contributed by atoms with Crippen LogP contribution in [0.2, 0.25) is 0 Å². The van der Waals surface area contributed by atoms with E-state index in [1.54, 1.807) is 30.0 Å². The minimum absolute atomic E-state index is 0.310. The van der Waals surface area contributed by atoms with Gasteiger partial charge in [0.2, 0.25) is 0 Å². The third-order valence-corrected chi connectivity index (χ3v) is 3.90. The first-order chi connectivity index (χ1) is 9.54. The number of rotatable bonds is 2. The number of likely N-dealkylation sites (tertiary alicyclic amines) is 1. The molecule has 3 heterocycles. The molecule has 0 spiro atoms. The monoisotopic (exact) mass is 274 g/mol. The first-order valence-corrected chi connectivity index (χ1v) is 6.37. The molecule has 1 amide bonds. The lowest BCUT2D eigenvalue weighted by Crippen LogP contribution is -2.50. The molecule has 7 nitrogen and oxygen atoms in total. The van der Waals surface area contributed by atoms with Gasteiger partial charge >= 0.3 is 5.97 Å². The third kappa shape index (κ3) is 1.66. The summed E-state index contributed by atoms with van der Waals surface area (Å²) < 4.78 is 1.55. The number of fused-ring (bicyclic) bond motifs is 1. The van der Waals surface area contributed by atoms with Gasteiger partial charge in [-0.3, -0.25) is 9.78 Å². The van der Waals surface area contributed by atoms with Gasteiger partial charge in [0.1, 0.15) is 5.54 Å². The summed E-state index contributed by atoms with van der Waals surface area (Å²) in [5.41, 5.74) is -0.183. The Balaban J connectivity index is 2.02. The number of hydrogen-bond donors (Lipinski definition) is 1. The van der Waals surface area contributed by atoms with E-state index in [-0.39, 0.29) is 5.91 Å². The maximum atomic E-state index is 12.6. The average Bonchev–Trinajstić information content (AvgIpc) is 3.02. The van der Waals surface area contributed by atoms with Gasteiger partial charge in [-0.05, 0) is 19.8 Å². The van der Waals surface area contributed by atoms with Crippen LogP contribution < -0.4 is 0 Å². The molecule has 0 radical (unpaired) electrons. The highest BCUT2D eigenvalue weighted by Gasteiger charge is 2.46. The van der Waals surface area contributed by atoms with Crippen LogP contribution in [0.5, 0.6) is 0 Å². The molecule has 2 aromatic rings. The van der Waals surface area contributed by atoms with E-state index < -0.39 is 11.5 Å². The fraction of sp³-hybridized carbons (Fsp3) is 0.385. The van der Waals surface area contributed by atoms with Gasteiger partial charge in [0.15, 0.2) is 0 Å². The van der Waals surface area contributed by atoms with E-state index in [0.717, 1.165) is 0 Å². The van der Waals surface area contributed by atoms with Crippen molar-refractivity contribution in [2.45, 2.75) is 25.3 Å². The lowest BCUT2D eigenvalue weighted by molar-refractivity contribution is -0.147. The molecule has 1 atom stereocenters. The van der Waals surface area contributed by atoms with Crippen LogP contribution in [0.3, 0.4) is 0 Å².